The molecule has 3 rings (SSSR count). The van der Waals surface area contributed by atoms with E-state index in [2.05, 4.69) is 0 Å². The Morgan fingerprint density at radius 1 is 0.800 bits per heavy atom. The summed E-state index contributed by atoms with van der Waals surface area (Å²) in [5.74, 6) is -4.07. The van der Waals surface area contributed by atoms with Crippen LogP contribution in [0.4, 0.5) is 0 Å². The molecule has 3 saturated heterocycles. The molecule has 0 aliphatic carbocycles. The Kier molecular flexibility index (Phi) is 11.2. The Morgan fingerprint density at radius 2 is 1.30 bits per heavy atom. The number of ether oxygens (including phenoxy) is 6. The Hall–Kier alpha value is -1.17. The second kappa shape index (κ2) is 13.4. The molecule has 0 saturated carbocycles. The predicted octanol–water partition coefficient (Wildman–Crippen LogP) is -7.15. The minimum absolute atomic E-state index is 0.690. The summed E-state index contributed by atoms with van der Waals surface area (Å²) >= 11 is 0. The predicted molar refractivity (Wildman–Crippen MR) is 127 cm³/mol. The highest BCUT2D eigenvalue weighted by Crippen LogP contribution is 2.35. The quantitative estimate of drug-likeness (QED) is 0.112. The second-order valence-electron chi connectivity index (χ2n) is 10.4. The number of nitrogens with two attached hydrogens (primary N) is 3. The highest BCUT2D eigenvalue weighted by atomic mass is 16.8. The highest BCUT2D eigenvalue weighted by molar-refractivity contribution is 5.72. The molecule has 2 unspecified atom stereocenters. The summed E-state index contributed by atoms with van der Waals surface area (Å²) < 4.78 is 32.9. The third-order valence-electron chi connectivity index (χ3n) is 7.17. The van der Waals surface area contributed by atoms with E-state index < -0.39 is 123 Å². The molecule has 40 heavy (non-hydrogen) atoms. The van der Waals surface area contributed by atoms with Crippen molar-refractivity contribution in [2.75, 3.05) is 19.8 Å². The van der Waals surface area contributed by atoms with E-state index in [9.17, 15) is 45.6 Å². The van der Waals surface area contributed by atoms with Crippen LogP contribution in [0.3, 0.4) is 0 Å². The van der Waals surface area contributed by atoms with E-state index in [1.165, 1.54) is 13.8 Å². The van der Waals surface area contributed by atoms with Gasteiger partial charge in [-0.25, -0.2) is 0 Å². The largest absolute Gasteiger partial charge is 0.427 e. The second-order valence-corrected chi connectivity index (χ2v) is 10.4. The van der Waals surface area contributed by atoms with Crippen LogP contribution >= 0.6 is 0 Å². The molecular formula is C22H41N3O15. The van der Waals surface area contributed by atoms with Crippen LogP contribution in [0.1, 0.15) is 13.8 Å². The average molecular weight is 588 g/mol. The van der Waals surface area contributed by atoms with Crippen LogP contribution in [0.15, 0.2) is 0 Å². The lowest BCUT2D eigenvalue weighted by atomic mass is 9.93. The maximum absolute atomic E-state index is 12.2. The zero-order chi connectivity index (χ0) is 30.1. The molecule has 3 aliphatic rings. The summed E-state index contributed by atoms with van der Waals surface area (Å²) in [6.07, 6.45) is -17.4. The van der Waals surface area contributed by atoms with E-state index in [1.807, 2.05) is 0 Å². The van der Waals surface area contributed by atoms with Crippen molar-refractivity contribution in [1.82, 2.24) is 0 Å². The SMILES string of the molecule is CC(C)C(=O)O[C@@]1(CO)O[C@H](OC2[C@@H](CO)O[C@@H](OC3[C@@H](CO)O[C@@H](O)[C@H](N)[C@H]3O)[C@H](N)[C@H]2O)[C@H](N)[C@@H](O)[C@@H]1O. The minimum Gasteiger partial charge on any atom is -0.427 e. The number of carbonyl (C=O) groups excluding carboxylic acids is 1. The van der Waals surface area contributed by atoms with Crippen molar-refractivity contribution in [2.45, 2.75) is 105 Å². The van der Waals surface area contributed by atoms with Crippen LogP contribution in [-0.2, 0) is 33.2 Å². The molecule has 3 aliphatic heterocycles. The first-order chi connectivity index (χ1) is 18.7. The van der Waals surface area contributed by atoms with Crippen LogP contribution in [0, 0.1) is 5.92 Å². The molecule has 0 spiro atoms. The van der Waals surface area contributed by atoms with E-state index >= 15 is 0 Å². The van der Waals surface area contributed by atoms with Gasteiger partial charge in [0.2, 0.25) is 0 Å². The van der Waals surface area contributed by atoms with Gasteiger partial charge in [-0.05, 0) is 0 Å². The third kappa shape index (κ3) is 6.42. The lowest BCUT2D eigenvalue weighted by molar-refractivity contribution is -0.399. The van der Waals surface area contributed by atoms with Crippen molar-refractivity contribution < 1.29 is 74.1 Å². The molecular weight excluding hydrogens is 546 g/mol. The monoisotopic (exact) mass is 587 g/mol. The van der Waals surface area contributed by atoms with Crippen molar-refractivity contribution >= 4 is 5.97 Å². The lowest BCUT2D eigenvalue weighted by Crippen LogP contribution is -2.72. The summed E-state index contributed by atoms with van der Waals surface area (Å²) in [5.41, 5.74) is 17.8. The van der Waals surface area contributed by atoms with Gasteiger partial charge in [-0.2, -0.15) is 0 Å². The minimum atomic E-state index is -2.48. The third-order valence-corrected chi connectivity index (χ3v) is 7.17. The van der Waals surface area contributed by atoms with Gasteiger partial charge in [-0.1, -0.05) is 13.8 Å². The summed E-state index contributed by atoms with van der Waals surface area (Å²) in [5, 5.41) is 81.9. The Labute approximate surface area is 229 Å². The highest BCUT2D eigenvalue weighted by Gasteiger charge is 2.58. The van der Waals surface area contributed by atoms with Gasteiger partial charge in [0.1, 0.15) is 55.4 Å². The van der Waals surface area contributed by atoms with Gasteiger partial charge in [0.25, 0.3) is 5.79 Å². The van der Waals surface area contributed by atoms with E-state index in [1.54, 1.807) is 0 Å². The van der Waals surface area contributed by atoms with Gasteiger partial charge in [0.05, 0.1) is 37.3 Å². The van der Waals surface area contributed by atoms with Crippen LogP contribution in [0.2, 0.25) is 0 Å². The van der Waals surface area contributed by atoms with Crippen molar-refractivity contribution in [1.29, 1.82) is 0 Å². The van der Waals surface area contributed by atoms with Gasteiger partial charge >= 0.3 is 5.97 Å². The van der Waals surface area contributed by atoms with Gasteiger partial charge in [0, 0.05) is 0 Å². The summed E-state index contributed by atoms with van der Waals surface area (Å²) in [6.45, 7) is 0.381. The summed E-state index contributed by atoms with van der Waals surface area (Å²) in [4.78, 5) is 12.2. The normalized spacial score (nSPS) is 48.2. The molecule has 0 bridgehead atoms. The van der Waals surface area contributed by atoms with E-state index in [4.69, 9.17) is 45.6 Å². The van der Waals surface area contributed by atoms with Gasteiger partial charge in [-0.15, -0.1) is 0 Å². The number of rotatable bonds is 9. The zero-order valence-corrected chi connectivity index (χ0v) is 21.9. The fourth-order valence-electron chi connectivity index (χ4n) is 4.59. The first-order valence-corrected chi connectivity index (χ1v) is 12.7. The first kappa shape index (κ1) is 33.3. The molecule has 0 aromatic carbocycles. The first-order valence-electron chi connectivity index (χ1n) is 12.7. The lowest BCUT2D eigenvalue weighted by Gasteiger charge is -2.50. The Balaban J connectivity index is 1.79. The molecule has 15 atom stereocenters. The molecule has 18 heteroatoms. The molecule has 0 aromatic rings. The van der Waals surface area contributed by atoms with Gasteiger partial charge in [0.15, 0.2) is 18.9 Å². The Bertz CT molecular complexity index is 839. The topological polar surface area (TPSA) is 312 Å². The van der Waals surface area contributed by atoms with E-state index in [0.29, 0.717) is 0 Å². The molecule has 0 aromatic heterocycles. The van der Waals surface area contributed by atoms with Gasteiger partial charge < -0.3 is 86.5 Å². The molecule has 14 N–H and O–H groups in total. The van der Waals surface area contributed by atoms with E-state index in [-0.39, 0.29) is 0 Å². The van der Waals surface area contributed by atoms with Gasteiger partial charge in [-0.3, -0.25) is 4.79 Å². The van der Waals surface area contributed by atoms with Crippen LogP contribution < -0.4 is 17.2 Å². The number of hydrogen-bond acceptors (Lipinski definition) is 18. The zero-order valence-electron chi connectivity index (χ0n) is 21.9. The van der Waals surface area contributed by atoms with Crippen molar-refractivity contribution in [3.63, 3.8) is 0 Å². The Morgan fingerprint density at radius 3 is 1.82 bits per heavy atom. The molecule has 234 valence electrons. The standard InChI is InChI=1S/C22H41N3O15/c1-6(2)18(33)39-22(5-28)17(32)14(31)11(25)21(40-22)38-16-8(4-27)36-20(10(24)13(16)30)37-15-7(3-26)35-19(34)9(23)12(15)29/h6-17,19-21,26-32,34H,3-5,23-25H2,1-2H3/t7-,8-,9-,10-,11-,12-,13-,14-,15?,16?,17+,19-,20+,21+,22+/m1/s1. The van der Waals surface area contributed by atoms with E-state index in [0.717, 1.165) is 0 Å². The molecule has 18 nitrogen and oxygen atoms in total. The number of carbonyl (C=O) groups is 1. The molecule has 3 fully saturated rings. The molecule has 0 radical (unpaired) electrons. The number of hydrogen-bond donors (Lipinski definition) is 11. The maximum Gasteiger partial charge on any atom is 0.311 e. The van der Waals surface area contributed by atoms with Crippen LogP contribution in [0.5, 0.6) is 0 Å². The van der Waals surface area contributed by atoms with Crippen molar-refractivity contribution in [2.24, 2.45) is 23.1 Å². The fourth-order valence-corrected chi connectivity index (χ4v) is 4.59. The summed E-state index contributed by atoms with van der Waals surface area (Å²) in [7, 11) is 0. The molecule has 0 amide bonds. The summed E-state index contributed by atoms with van der Waals surface area (Å²) in [6, 6.07) is -4.25. The van der Waals surface area contributed by atoms with Crippen LogP contribution in [0.25, 0.3) is 0 Å². The van der Waals surface area contributed by atoms with Crippen molar-refractivity contribution in [3.8, 4) is 0 Å². The number of aliphatic hydroxyl groups is 8. The smallest absolute Gasteiger partial charge is 0.311 e. The fraction of sp³-hybridized carbons (Fsp3) is 0.955. The average Bonchev–Trinajstić information content (AvgIpc) is 2.93. The molecule has 3 heterocycles. The number of aliphatic hydroxyl groups excluding tert-OH is 8. The number of esters is 1. The van der Waals surface area contributed by atoms with Crippen LogP contribution in [-0.4, -0.2) is 158 Å². The van der Waals surface area contributed by atoms with Crippen molar-refractivity contribution in [3.05, 3.63) is 0 Å². The maximum atomic E-state index is 12.2.